The molecule has 3 rings (SSSR count). The number of anilines is 2. The maximum absolute atomic E-state index is 12.9. The van der Waals surface area contributed by atoms with Crippen molar-refractivity contribution in [2.45, 2.75) is 39.0 Å². The van der Waals surface area contributed by atoms with Crippen LogP contribution in [0.1, 0.15) is 48.9 Å². The molecule has 0 amide bonds. The van der Waals surface area contributed by atoms with E-state index in [1.807, 2.05) is 19.9 Å². The van der Waals surface area contributed by atoms with Gasteiger partial charge in [0.2, 0.25) is 0 Å². The standard InChI is InChI=1S/C20H24F2N4/c1-13(2)26-8-5-15(6-9-26)17-10-14(3)24-19(12-17)25-18-11-16(20(21)22)4-7-23-18/h4,7,10-12,15,20H,1,5-6,8-9H2,2-3H3,(H,23,24,25). The minimum absolute atomic E-state index is 0.0532. The molecule has 0 saturated carbocycles. The largest absolute Gasteiger partial charge is 0.375 e. The van der Waals surface area contributed by atoms with E-state index in [4.69, 9.17) is 0 Å². The fourth-order valence-corrected chi connectivity index (χ4v) is 3.37. The molecule has 1 fully saturated rings. The van der Waals surface area contributed by atoms with Crippen LogP contribution in [0.2, 0.25) is 0 Å². The summed E-state index contributed by atoms with van der Waals surface area (Å²) in [6.45, 7) is 10.0. The summed E-state index contributed by atoms with van der Waals surface area (Å²) < 4.78 is 25.7. The average molecular weight is 358 g/mol. The molecule has 0 radical (unpaired) electrons. The van der Waals surface area contributed by atoms with Crippen molar-refractivity contribution in [3.8, 4) is 0 Å². The third kappa shape index (κ3) is 4.36. The molecular formula is C20H24F2N4. The molecule has 138 valence electrons. The quantitative estimate of drug-likeness (QED) is 0.800. The molecule has 2 aromatic rings. The van der Waals surface area contributed by atoms with Gasteiger partial charge < -0.3 is 10.2 Å². The lowest BCUT2D eigenvalue weighted by atomic mass is 9.89. The second-order valence-corrected chi connectivity index (χ2v) is 6.82. The summed E-state index contributed by atoms with van der Waals surface area (Å²) in [5.74, 6) is 1.48. The van der Waals surface area contributed by atoms with Gasteiger partial charge in [0.25, 0.3) is 6.43 Å². The first-order valence-corrected chi connectivity index (χ1v) is 8.82. The molecule has 1 aliphatic heterocycles. The summed E-state index contributed by atoms with van der Waals surface area (Å²) in [7, 11) is 0. The summed E-state index contributed by atoms with van der Waals surface area (Å²) >= 11 is 0. The van der Waals surface area contributed by atoms with Crippen LogP contribution in [0, 0.1) is 6.92 Å². The lowest BCUT2D eigenvalue weighted by molar-refractivity contribution is 0.151. The number of aromatic nitrogens is 2. The van der Waals surface area contributed by atoms with Crippen molar-refractivity contribution in [3.05, 3.63) is 59.6 Å². The van der Waals surface area contributed by atoms with E-state index in [2.05, 4.69) is 32.8 Å². The highest BCUT2D eigenvalue weighted by atomic mass is 19.3. The van der Waals surface area contributed by atoms with Crippen molar-refractivity contribution < 1.29 is 8.78 Å². The van der Waals surface area contributed by atoms with Gasteiger partial charge in [-0.05, 0) is 62.4 Å². The molecule has 26 heavy (non-hydrogen) atoms. The van der Waals surface area contributed by atoms with Gasteiger partial charge >= 0.3 is 0 Å². The zero-order chi connectivity index (χ0) is 18.7. The number of rotatable bonds is 5. The molecule has 1 N–H and O–H groups in total. The molecule has 6 heteroatoms. The van der Waals surface area contributed by atoms with Crippen LogP contribution in [0.5, 0.6) is 0 Å². The summed E-state index contributed by atoms with van der Waals surface area (Å²) in [6, 6.07) is 6.79. The minimum atomic E-state index is -2.52. The maximum atomic E-state index is 12.9. The third-order valence-electron chi connectivity index (χ3n) is 4.77. The zero-order valence-electron chi connectivity index (χ0n) is 15.2. The number of halogens is 2. The molecule has 0 aromatic carbocycles. The van der Waals surface area contributed by atoms with Crippen molar-refractivity contribution >= 4 is 11.6 Å². The highest BCUT2D eigenvalue weighted by Crippen LogP contribution is 2.31. The first kappa shape index (κ1) is 18.3. The molecule has 0 atom stereocenters. The molecule has 0 bridgehead atoms. The average Bonchev–Trinajstić information content (AvgIpc) is 2.61. The first-order valence-electron chi connectivity index (χ1n) is 8.82. The van der Waals surface area contributed by atoms with Gasteiger partial charge in [-0.2, -0.15) is 0 Å². The summed E-state index contributed by atoms with van der Waals surface area (Å²) in [5, 5.41) is 3.07. The lowest BCUT2D eigenvalue weighted by Gasteiger charge is -2.34. The van der Waals surface area contributed by atoms with Crippen LogP contribution in [0.4, 0.5) is 20.4 Å². The van der Waals surface area contributed by atoms with Crippen LogP contribution in [-0.4, -0.2) is 28.0 Å². The van der Waals surface area contributed by atoms with E-state index in [1.165, 1.54) is 23.9 Å². The van der Waals surface area contributed by atoms with Crippen LogP contribution in [0.25, 0.3) is 0 Å². The Bertz CT molecular complexity index is 783. The van der Waals surface area contributed by atoms with Gasteiger partial charge in [-0.3, -0.25) is 0 Å². The normalized spacial score (nSPS) is 15.3. The zero-order valence-corrected chi connectivity index (χ0v) is 15.2. The number of hydrogen-bond acceptors (Lipinski definition) is 4. The number of hydrogen-bond donors (Lipinski definition) is 1. The van der Waals surface area contributed by atoms with Crippen LogP contribution >= 0.6 is 0 Å². The Labute approximate surface area is 153 Å². The van der Waals surface area contributed by atoms with Crippen molar-refractivity contribution in [2.24, 2.45) is 0 Å². The summed E-state index contributed by atoms with van der Waals surface area (Å²) in [6.07, 6.45) is 0.996. The lowest BCUT2D eigenvalue weighted by Crippen LogP contribution is -2.31. The van der Waals surface area contributed by atoms with Crippen molar-refractivity contribution in [1.29, 1.82) is 0 Å². The van der Waals surface area contributed by atoms with Gasteiger partial charge in [-0.15, -0.1) is 0 Å². The highest BCUT2D eigenvalue weighted by molar-refractivity contribution is 5.54. The van der Waals surface area contributed by atoms with Gasteiger partial charge in [-0.1, -0.05) is 6.58 Å². The Balaban J connectivity index is 1.76. The van der Waals surface area contributed by atoms with Crippen molar-refractivity contribution in [1.82, 2.24) is 14.9 Å². The van der Waals surface area contributed by atoms with E-state index in [0.717, 1.165) is 37.3 Å². The molecular weight excluding hydrogens is 334 g/mol. The molecule has 1 aliphatic rings. The van der Waals surface area contributed by atoms with E-state index >= 15 is 0 Å². The molecule has 4 nitrogen and oxygen atoms in total. The fraction of sp³-hybridized carbons (Fsp3) is 0.400. The second kappa shape index (κ2) is 7.81. The Kier molecular flexibility index (Phi) is 5.49. The number of likely N-dealkylation sites (tertiary alicyclic amines) is 1. The topological polar surface area (TPSA) is 41.1 Å². The predicted molar refractivity (Wildman–Crippen MR) is 99.8 cm³/mol. The van der Waals surface area contributed by atoms with Crippen LogP contribution in [0.3, 0.4) is 0 Å². The number of piperidine rings is 1. The Morgan fingerprint density at radius 1 is 1.23 bits per heavy atom. The first-order chi connectivity index (χ1) is 12.4. The number of aryl methyl sites for hydroxylation is 1. The van der Waals surface area contributed by atoms with Crippen LogP contribution in [0.15, 0.2) is 42.7 Å². The summed E-state index contributed by atoms with van der Waals surface area (Å²) in [5.41, 5.74) is 3.19. The van der Waals surface area contributed by atoms with E-state index in [0.29, 0.717) is 17.6 Å². The monoisotopic (exact) mass is 358 g/mol. The number of nitrogens with zero attached hydrogens (tertiary/aromatic N) is 3. The Morgan fingerprint density at radius 2 is 1.96 bits per heavy atom. The number of nitrogens with one attached hydrogen (secondary N) is 1. The molecule has 2 aromatic heterocycles. The molecule has 0 unspecified atom stereocenters. The van der Waals surface area contributed by atoms with E-state index in [9.17, 15) is 8.78 Å². The number of allylic oxidation sites excluding steroid dienone is 1. The van der Waals surface area contributed by atoms with Gasteiger partial charge in [0.15, 0.2) is 0 Å². The van der Waals surface area contributed by atoms with Gasteiger partial charge in [0, 0.05) is 36.2 Å². The minimum Gasteiger partial charge on any atom is -0.375 e. The molecule has 3 heterocycles. The fourth-order valence-electron chi connectivity index (χ4n) is 3.37. The van der Waals surface area contributed by atoms with Crippen LogP contribution in [-0.2, 0) is 0 Å². The van der Waals surface area contributed by atoms with Crippen molar-refractivity contribution in [3.63, 3.8) is 0 Å². The smallest absolute Gasteiger partial charge is 0.264 e. The predicted octanol–water partition coefficient (Wildman–Crippen LogP) is 5.18. The third-order valence-corrected chi connectivity index (χ3v) is 4.77. The van der Waals surface area contributed by atoms with Gasteiger partial charge in [0.05, 0.1) is 0 Å². The van der Waals surface area contributed by atoms with Gasteiger partial charge in [0.1, 0.15) is 11.6 Å². The maximum Gasteiger partial charge on any atom is 0.264 e. The number of pyridine rings is 2. The van der Waals surface area contributed by atoms with E-state index in [1.54, 1.807) is 0 Å². The van der Waals surface area contributed by atoms with Crippen molar-refractivity contribution in [2.75, 3.05) is 18.4 Å². The van der Waals surface area contributed by atoms with E-state index in [-0.39, 0.29) is 5.56 Å². The molecule has 1 saturated heterocycles. The molecule has 0 aliphatic carbocycles. The van der Waals surface area contributed by atoms with Crippen LogP contribution < -0.4 is 5.32 Å². The summed E-state index contributed by atoms with van der Waals surface area (Å²) in [4.78, 5) is 10.9. The molecule has 0 spiro atoms. The van der Waals surface area contributed by atoms with Gasteiger partial charge in [-0.25, -0.2) is 18.7 Å². The SMILES string of the molecule is C=C(C)N1CCC(c2cc(C)nc(Nc3cc(C(F)F)ccn3)c2)CC1. The Hall–Kier alpha value is -2.50. The van der Waals surface area contributed by atoms with E-state index < -0.39 is 6.43 Å². The Morgan fingerprint density at radius 3 is 2.62 bits per heavy atom. The highest BCUT2D eigenvalue weighted by Gasteiger charge is 2.21. The number of alkyl halides is 2. The second-order valence-electron chi connectivity index (χ2n) is 6.82.